The summed E-state index contributed by atoms with van der Waals surface area (Å²) in [6.45, 7) is 3.42. The fraction of sp³-hybridized carbons (Fsp3) is 0.143. The first kappa shape index (κ1) is 27.9. The number of pyridine rings is 2. The van der Waals surface area contributed by atoms with Crippen LogP contribution in [0.25, 0.3) is 0 Å². The first-order valence-electron chi connectivity index (χ1n) is 12.1. The molecule has 0 atom stereocenters. The van der Waals surface area contributed by atoms with E-state index in [-0.39, 0.29) is 41.9 Å². The van der Waals surface area contributed by atoms with Crippen LogP contribution in [0.3, 0.4) is 0 Å². The predicted octanol–water partition coefficient (Wildman–Crippen LogP) is 5.71. The zero-order valence-electron chi connectivity index (χ0n) is 21.3. The Kier molecular flexibility index (Phi) is 8.48. The molecule has 9 nitrogen and oxygen atoms in total. The number of halogens is 3. The normalized spacial score (nSPS) is 10.6. The highest BCUT2D eigenvalue weighted by atomic mass is 19.1. The van der Waals surface area contributed by atoms with Crippen molar-refractivity contribution >= 4 is 29.0 Å². The molecule has 0 aliphatic heterocycles. The lowest BCUT2D eigenvalue weighted by Crippen LogP contribution is -2.32. The second-order valence-electron chi connectivity index (χ2n) is 8.21. The summed E-state index contributed by atoms with van der Waals surface area (Å²) in [5, 5.41) is 2.53. The van der Waals surface area contributed by atoms with E-state index in [9.17, 15) is 18.8 Å². The number of aromatic nitrogens is 2. The van der Waals surface area contributed by atoms with Crippen molar-refractivity contribution in [1.82, 2.24) is 9.97 Å². The topological polar surface area (TPSA) is 114 Å². The van der Waals surface area contributed by atoms with Crippen LogP contribution in [0.5, 0.6) is 17.2 Å². The second-order valence-corrected chi connectivity index (χ2v) is 8.21. The summed E-state index contributed by atoms with van der Waals surface area (Å²) in [5.74, 6) is -4.54. The molecule has 0 unspecified atom stereocenters. The van der Waals surface area contributed by atoms with Crippen molar-refractivity contribution in [1.29, 1.82) is 0 Å². The summed E-state index contributed by atoms with van der Waals surface area (Å²) in [5.41, 5.74) is -1.91. The zero-order chi connectivity index (χ0) is 28.8. The minimum Gasteiger partial charge on any atom is -0.493 e. The predicted molar refractivity (Wildman–Crippen MR) is 141 cm³/mol. The lowest BCUT2D eigenvalue weighted by Gasteiger charge is -2.24. The summed E-state index contributed by atoms with van der Waals surface area (Å²) in [6, 6.07) is 9.88. The molecule has 4 rings (SSSR count). The van der Waals surface area contributed by atoms with Crippen molar-refractivity contribution in [3.05, 3.63) is 100 Å². The number of carbonyl (C=O) groups excluding carboxylic acids is 2. The van der Waals surface area contributed by atoms with Gasteiger partial charge in [-0.1, -0.05) is 6.92 Å². The maximum atomic E-state index is 15.6. The minimum absolute atomic E-state index is 0.0467. The molecule has 2 N–H and O–H groups in total. The first-order valence-corrected chi connectivity index (χ1v) is 12.1. The van der Waals surface area contributed by atoms with Crippen LogP contribution in [-0.4, -0.2) is 28.4 Å². The Bertz CT molecular complexity index is 1610. The van der Waals surface area contributed by atoms with E-state index >= 15 is 8.78 Å². The molecule has 2 amide bonds. The largest absolute Gasteiger partial charge is 0.493 e. The number of H-pyrrole nitrogens is 1. The van der Waals surface area contributed by atoms with Crippen LogP contribution >= 0.6 is 0 Å². The third-order valence-electron chi connectivity index (χ3n) is 5.51. The van der Waals surface area contributed by atoms with Gasteiger partial charge >= 0.3 is 0 Å². The van der Waals surface area contributed by atoms with Crippen LogP contribution in [0.1, 0.15) is 30.6 Å². The van der Waals surface area contributed by atoms with E-state index in [1.54, 1.807) is 13.8 Å². The fourth-order valence-electron chi connectivity index (χ4n) is 3.68. The maximum absolute atomic E-state index is 15.6. The Labute approximate surface area is 226 Å². The Balaban J connectivity index is 1.77. The molecule has 0 saturated carbocycles. The molecule has 0 fully saturated rings. The third-order valence-corrected chi connectivity index (χ3v) is 5.51. The van der Waals surface area contributed by atoms with E-state index in [1.807, 2.05) is 0 Å². The number of rotatable bonds is 9. The fourth-order valence-corrected chi connectivity index (χ4v) is 3.68. The van der Waals surface area contributed by atoms with Crippen molar-refractivity contribution in [2.75, 3.05) is 16.8 Å². The van der Waals surface area contributed by atoms with Crippen LogP contribution in [0.2, 0.25) is 0 Å². The highest BCUT2D eigenvalue weighted by Gasteiger charge is 2.29. The molecule has 0 spiro atoms. The standard InChI is InChI=1S/C28H23F3N4O5/c1-3-25(36)34-24-13-18(9-11-32-24)40-23-15-19(30)21(14-20(23)31)35(17-7-5-16(29)6-8-17)28(38)26-22(39-4-2)10-12-33-27(26)37/h5-15H,3-4H2,1-2H3,(H,33,37)(H,32,34,36). The number of nitrogens with zero attached hydrogens (tertiary/aromatic N) is 2. The lowest BCUT2D eigenvalue weighted by molar-refractivity contribution is -0.115. The average molecular weight is 553 g/mol. The second kappa shape index (κ2) is 12.2. The number of anilines is 3. The zero-order valence-corrected chi connectivity index (χ0v) is 21.3. The van der Waals surface area contributed by atoms with E-state index in [0.29, 0.717) is 6.07 Å². The van der Waals surface area contributed by atoms with Crippen LogP contribution in [-0.2, 0) is 4.79 Å². The Morgan fingerprint density at radius 1 is 0.975 bits per heavy atom. The van der Waals surface area contributed by atoms with E-state index in [0.717, 1.165) is 23.1 Å². The number of amides is 2. The van der Waals surface area contributed by atoms with Gasteiger partial charge < -0.3 is 19.8 Å². The number of carbonyl (C=O) groups is 2. The van der Waals surface area contributed by atoms with Gasteiger partial charge in [0.2, 0.25) is 5.91 Å². The Morgan fingerprint density at radius 3 is 2.42 bits per heavy atom. The summed E-state index contributed by atoms with van der Waals surface area (Å²) in [7, 11) is 0. The van der Waals surface area contributed by atoms with Gasteiger partial charge in [0.25, 0.3) is 11.5 Å². The molecular formula is C28H23F3N4O5. The highest BCUT2D eigenvalue weighted by molar-refractivity contribution is 6.12. The lowest BCUT2D eigenvalue weighted by atomic mass is 10.1. The number of ether oxygens (including phenoxy) is 2. The smallest absolute Gasteiger partial charge is 0.272 e. The summed E-state index contributed by atoms with van der Waals surface area (Å²) < 4.78 is 55.4. The molecule has 12 heteroatoms. The molecule has 0 bridgehead atoms. The van der Waals surface area contributed by atoms with Gasteiger partial charge in [-0.25, -0.2) is 18.2 Å². The molecule has 2 aromatic heterocycles. The highest BCUT2D eigenvalue weighted by Crippen LogP contribution is 2.36. The van der Waals surface area contributed by atoms with Crippen molar-refractivity contribution in [3.8, 4) is 17.2 Å². The third kappa shape index (κ3) is 6.12. The van der Waals surface area contributed by atoms with Crippen molar-refractivity contribution in [3.63, 3.8) is 0 Å². The quantitative estimate of drug-likeness (QED) is 0.275. The van der Waals surface area contributed by atoms with Crippen molar-refractivity contribution in [2.45, 2.75) is 20.3 Å². The van der Waals surface area contributed by atoms with E-state index in [2.05, 4.69) is 15.3 Å². The number of aromatic amines is 1. The monoisotopic (exact) mass is 552 g/mol. The Hall–Kier alpha value is -5.13. The van der Waals surface area contributed by atoms with Gasteiger partial charge in [-0.15, -0.1) is 0 Å². The van der Waals surface area contributed by atoms with E-state index < -0.39 is 45.9 Å². The van der Waals surface area contributed by atoms with Crippen LogP contribution in [0.15, 0.2) is 71.8 Å². The minimum atomic E-state index is -1.09. The molecule has 0 saturated heterocycles. The SMILES string of the molecule is CCOc1cc[nH]c(=O)c1C(=O)N(c1ccc(F)cc1)c1cc(F)c(Oc2ccnc(NC(=O)CC)c2)cc1F. The van der Waals surface area contributed by atoms with Gasteiger partial charge in [-0.2, -0.15) is 0 Å². The number of benzene rings is 2. The van der Waals surface area contributed by atoms with Crippen LogP contribution in [0, 0.1) is 17.5 Å². The van der Waals surface area contributed by atoms with Crippen LogP contribution in [0.4, 0.5) is 30.4 Å². The van der Waals surface area contributed by atoms with Crippen molar-refractivity contribution < 1.29 is 32.2 Å². The van der Waals surface area contributed by atoms with Gasteiger partial charge in [-0.05, 0) is 43.3 Å². The number of nitrogens with one attached hydrogen (secondary N) is 2. The van der Waals surface area contributed by atoms with Gasteiger partial charge in [0.1, 0.15) is 28.7 Å². The van der Waals surface area contributed by atoms with E-state index in [4.69, 9.17) is 9.47 Å². The number of hydrogen-bond donors (Lipinski definition) is 2. The maximum Gasteiger partial charge on any atom is 0.272 e. The molecule has 4 aromatic rings. The molecule has 2 aromatic carbocycles. The number of hydrogen-bond acceptors (Lipinski definition) is 6. The van der Waals surface area contributed by atoms with Crippen LogP contribution < -0.4 is 25.2 Å². The Morgan fingerprint density at radius 2 is 1.73 bits per heavy atom. The molecule has 0 radical (unpaired) electrons. The molecule has 2 heterocycles. The molecule has 40 heavy (non-hydrogen) atoms. The van der Waals surface area contributed by atoms with Crippen molar-refractivity contribution in [2.24, 2.45) is 0 Å². The summed E-state index contributed by atoms with van der Waals surface area (Å²) in [6.07, 6.45) is 2.79. The van der Waals surface area contributed by atoms with Gasteiger partial charge in [0.05, 0.1) is 12.3 Å². The van der Waals surface area contributed by atoms with E-state index in [1.165, 1.54) is 42.7 Å². The average Bonchev–Trinajstić information content (AvgIpc) is 2.93. The van der Waals surface area contributed by atoms with Gasteiger partial charge in [-0.3, -0.25) is 19.3 Å². The summed E-state index contributed by atoms with van der Waals surface area (Å²) in [4.78, 5) is 45.1. The molecule has 0 aliphatic rings. The van der Waals surface area contributed by atoms with Gasteiger partial charge in [0, 0.05) is 42.7 Å². The molecular weight excluding hydrogens is 529 g/mol. The molecule has 206 valence electrons. The summed E-state index contributed by atoms with van der Waals surface area (Å²) >= 11 is 0. The first-order chi connectivity index (χ1) is 19.2. The van der Waals surface area contributed by atoms with Gasteiger partial charge in [0.15, 0.2) is 17.4 Å². The molecule has 0 aliphatic carbocycles.